The molecular formula is C17H21FN6OS. The Labute approximate surface area is 154 Å². The largest absolute Gasteiger partial charge is 0.346 e. The van der Waals surface area contributed by atoms with Gasteiger partial charge in [-0.05, 0) is 37.6 Å². The van der Waals surface area contributed by atoms with Crippen molar-refractivity contribution in [3.8, 4) is 10.6 Å². The molecule has 0 aromatic carbocycles. The number of hydrogen-bond acceptors (Lipinski definition) is 5. The summed E-state index contributed by atoms with van der Waals surface area (Å²) >= 11 is 1.61. The molecule has 0 saturated heterocycles. The van der Waals surface area contributed by atoms with Gasteiger partial charge >= 0.3 is 5.69 Å². The lowest BCUT2D eigenvalue weighted by atomic mass is 10.3. The minimum Gasteiger partial charge on any atom is -0.327 e. The number of halogens is 1. The summed E-state index contributed by atoms with van der Waals surface area (Å²) in [6, 6.07) is 6.28. The SMILES string of the molecule is CC(C)n1nccc1-c1ccc(Cn2cnn(C/C(=C/F)CN)c2=O)s1. The second-order valence-corrected chi connectivity index (χ2v) is 7.36. The number of aromatic nitrogens is 5. The lowest BCUT2D eigenvalue weighted by Crippen LogP contribution is -2.26. The lowest BCUT2D eigenvalue weighted by Gasteiger charge is -2.09. The topological polar surface area (TPSA) is 83.7 Å². The van der Waals surface area contributed by atoms with E-state index in [9.17, 15) is 9.18 Å². The molecule has 2 N–H and O–H groups in total. The molecule has 3 aromatic rings. The molecule has 3 rings (SSSR count). The predicted molar refractivity (Wildman–Crippen MR) is 99.8 cm³/mol. The van der Waals surface area contributed by atoms with Crippen LogP contribution in [-0.4, -0.2) is 30.7 Å². The zero-order valence-corrected chi connectivity index (χ0v) is 15.5. The molecule has 0 fully saturated rings. The van der Waals surface area contributed by atoms with Crippen LogP contribution in [0.25, 0.3) is 10.6 Å². The highest BCUT2D eigenvalue weighted by atomic mass is 32.1. The Kier molecular flexibility index (Phi) is 5.48. The Morgan fingerprint density at radius 3 is 2.85 bits per heavy atom. The molecule has 0 aliphatic heterocycles. The van der Waals surface area contributed by atoms with Crippen molar-refractivity contribution in [3.05, 3.63) is 58.0 Å². The molecule has 0 amide bonds. The molecule has 0 atom stereocenters. The third kappa shape index (κ3) is 3.68. The molecular weight excluding hydrogens is 355 g/mol. The van der Waals surface area contributed by atoms with Gasteiger partial charge in [-0.25, -0.2) is 13.9 Å². The average Bonchev–Trinajstić information content (AvgIpc) is 3.35. The molecule has 0 aliphatic carbocycles. The van der Waals surface area contributed by atoms with E-state index in [2.05, 4.69) is 24.0 Å². The van der Waals surface area contributed by atoms with Crippen molar-refractivity contribution in [1.29, 1.82) is 0 Å². The van der Waals surface area contributed by atoms with Crippen molar-refractivity contribution >= 4 is 11.3 Å². The number of hydrogen-bond donors (Lipinski definition) is 1. The fourth-order valence-electron chi connectivity index (χ4n) is 2.61. The van der Waals surface area contributed by atoms with Gasteiger partial charge in [-0.15, -0.1) is 11.3 Å². The minimum absolute atomic E-state index is 0.0492. The molecule has 0 spiro atoms. The summed E-state index contributed by atoms with van der Waals surface area (Å²) in [7, 11) is 0. The van der Waals surface area contributed by atoms with Crippen molar-refractivity contribution in [2.75, 3.05) is 6.54 Å². The Morgan fingerprint density at radius 2 is 2.15 bits per heavy atom. The van der Waals surface area contributed by atoms with Gasteiger partial charge in [-0.1, -0.05) is 0 Å². The highest BCUT2D eigenvalue weighted by Crippen LogP contribution is 2.29. The van der Waals surface area contributed by atoms with Crippen LogP contribution in [0.4, 0.5) is 4.39 Å². The standard InChI is InChI=1S/C17H21FN6OS/c1-12(2)24-15(5-6-20-24)16-4-3-14(26-16)10-22-11-21-23(17(22)25)9-13(7-18)8-19/h3-7,11-12H,8-10,19H2,1-2H3/b13-7+. The normalized spacial score (nSPS) is 12.3. The maximum absolute atomic E-state index is 12.7. The Morgan fingerprint density at radius 1 is 1.35 bits per heavy atom. The van der Waals surface area contributed by atoms with Crippen LogP contribution < -0.4 is 11.4 Å². The molecule has 3 aromatic heterocycles. The van der Waals surface area contributed by atoms with Crippen molar-refractivity contribution in [1.82, 2.24) is 24.1 Å². The number of nitrogens with two attached hydrogens (primary N) is 1. The van der Waals surface area contributed by atoms with E-state index in [0.717, 1.165) is 15.4 Å². The summed E-state index contributed by atoms with van der Waals surface area (Å²) < 4.78 is 17.3. The molecule has 26 heavy (non-hydrogen) atoms. The molecule has 0 radical (unpaired) electrons. The van der Waals surface area contributed by atoms with Crippen LogP contribution >= 0.6 is 11.3 Å². The highest BCUT2D eigenvalue weighted by Gasteiger charge is 2.12. The van der Waals surface area contributed by atoms with Crippen LogP contribution in [-0.2, 0) is 13.1 Å². The van der Waals surface area contributed by atoms with Crippen molar-refractivity contribution in [2.24, 2.45) is 5.73 Å². The Bertz CT molecular complexity index is 964. The number of rotatable bonds is 7. The summed E-state index contributed by atoms with van der Waals surface area (Å²) in [6.45, 7) is 4.69. The van der Waals surface area contributed by atoms with E-state index < -0.39 is 0 Å². The minimum atomic E-state index is -0.292. The number of thiophene rings is 1. The Hall–Kier alpha value is -2.52. The number of nitrogens with zero attached hydrogens (tertiary/aromatic N) is 5. The molecule has 0 saturated carbocycles. The zero-order chi connectivity index (χ0) is 18.7. The summed E-state index contributed by atoms with van der Waals surface area (Å²) in [5.74, 6) is 0. The van der Waals surface area contributed by atoms with Crippen molar-refractivity contribution in [2.45, 2.75) is 33.0 Å². The highest BCUT2D eigenvalue weighted by molar-refractivity contribution is 7.15. The molecule has 0 bridgehead atoms. The smallest absolute Gasteiger partial charge is 0.327 e. The fourth-order valence-corrected chi connectivity index (χ4v) is 3.64. The first-order valence-corrected chi connectivity index (χ1v) is 9.08. The van der Waals surface area contributed by atoms with Crippen LogP contribution in [0.2, 0.25) is 0 Å². The monoisotopic (exact) mass is 376 g/mol. The second-order valence-electron chi connectivity index (χ2n) is 6.19. The van der Waals surface area contributed by atoms with Crippen molar-refractivity contribution < 1.29 is 4.39 Å². The summed E-state index contributed by atoms with van der Waals surface area (Å²) in [5, 5.41) is 8.39. The van der Waals surface area contributed by atoms with Gasteiger partial charge < -0.3 is 5.73 Å². The Balaban J connectivity index is 1.79. The summed E-state index contributed by atoms with van der Waals surface area (Å²) in [4.78, 5) is 14.5. The van der Waals surface area contributed by atoms with E-state index in [-0.39, 0.29) is 24.8 Å². The quantitative estimate of drug-likeness (QED) is 0.686. The van der Waals surface area contributed by atoms with Gasteiger partial charge in [0.1, 0.15) is 6.33 Å². The first-order valence-electron chi connectivity index (χ1n) is 8.26. The van der Waals surface area contributed by atoms with E-state index >= 15 is 0 Å². The first-order chi connectivity index (χ1) is 12.5. The maximum atomic E-state index is 12.7. The average molecular weight is 376 g/mol. The van der Waals surface area contributed by atoms with Gasteiger partial charge in [0.15, 0.2) is 0 Å². The molecule has 7 nitrogen and oxygen atoms in total. The van der Waals surface area contributed by atoms with Gasteiger partial charge in [-0.2, -0.15) is 10.2 Å². The lowest BCUT2D eigenvalue weighted by molar-refractivity contribution is 0.539. The van der Waals surface area contributed by atoms with Crippen LogP contribution in [0, 0.1) is 0 Å². The molecule has 0 aliphatic rings. The van der Waals surface area contributed by atoms with Gasteiger partial charge in [0.2, 0.25) is 0 Å². The van der Waals surface area contributed by atoms with E-state index in [1.165, 1.54) is 15.6 Å². The van der Waals surface area contributed by atoms with E-state index in [1.807, 2.05) is 22.9 Å². The maximum Gasteiger partial charge on any atom is 0.346 e. The van der Waals surface area contributed by atoms with E-state index in [1.54, 1.807) is 17.5 Å². The summed E-state index contributed by atoms with van der Waals surface area (Å²) in [5.41, 5.74) is 6.51. The van der Waals surface area contributed by atoms with Gasteiger partial charge in [0, 0.05) is 23.7 Å². The van der Waals surface area contributed by atoms with Gasteiger partial charge in [0.25, 0.3) is 0 Å². The first kappa shape index (κ1) is 18.3. The third-order valence-corrected chi connectivity index (χ3v) is 5.06. The van der Waals surface area contributed by atoms with Crippen LogP contribution in [0.1, 0.15) is 24.8 Å². The molecule has 3 heterocycles. The molecule has 138 valence electrons. The fraction of sp³-hybridized carbons (Fsp3) is 0.353. The van der Waals surface area contributed by atoms with Gasteiger partial charge in [-0.3, -0.25) is 9.25 Å². The third-order valence-electron chi connectivity index (χ3n) is 3.97. The van der Waals surface area contributed by atoms with Crippen LogP contribution in [0.3, 0.4) is 0 Å². The second kappa shape index (κ2) is 7.79. The predicted octanol–water partition coefficient (Wildman–Crippen LogP) is 2.41. The van der Waals surface area contributed by atoms with E-state index in [4.69, 9.17) is 5.73 Å². The van der Waals surface area contributed by atoms with Crippen LogP contribution in [0.15, 0.2) is 47.4 Å². The van der Waals surface area contributed by atoms with Crippen LogP contribution in [0.5, 0.6) is 0 Å². The van der Waals surface area contributed by atoms with E-state index in [0.29, 0.717) is 18.4 Å². The molecule has 0 unspecified atom stereocenters. The molecule has 9 heteroatoms. The van der Waals surface area contributed by atoms with Gasteiger partial charge in [0.05, 0.1) is 30.0 Å². The zero-order valence-electron chi connectivity index (χ0n) is 14.7. The summed E-state index contributed by atoms with van der Waals surface area (Å²) in [6.07, 6.45) is 3.68. The van der Waals surface area contributed by atoms with Crippen molar-refractivity contribution in [3.63, 3.8) is 0 Å².